The van der Waals surface area contributed by atoms with Gasteiger partial charge in [-0.25, -0.2) is 14.8 Å². The number of rotatable bonds is 5. The molecule has 0 spiro atoms. The van der Waals surface area contributed by atoms with Crippen LogP contribution in [0.4, 0.5) is 5.82 Å². The molecule has 16 heavy (non-hydrogen) atoms. The van der Waals surface area contributed by atoms with Gasteiger partial charge in [0.1, 0.15) is 5.82 Å². The molecule has 0 aliphatic rings. The number of carboxylic acid groups (broad SMARTS) is 1. The van der Waals surface area contributed by atoms with Gasteiger partial charge in [-0.1, -0.05) is 13.8 Å². The minimum Gasteiger partial charge on any atom is -0.476 e. The number of anilines is 1. The van der Waals surface area contributed by atoms with Crippen molar-refractivity contribution in [2.24, 2.45) is 5.92 Å². The van der Waals surface area contributed by atoms with E-state index < -0.39 is 5.97 Å². The van der Waals surface area contributed by atoms with Gasteiger partial charge in [-0.15, -0.1) is 0 Å². The molecule has 0 saturated heterocycles. The fourth-order valence-corrected chi connectivity index (χ4v) is 1.42. The van der Waals surface area contributed by atoms with E-state index in [4.69, 9.17) is 5.11 Å². The summed E-state index contributed by atoms with van der Waals surface area (Å²) in [4.78, 5) is 20.6. The van der Waals surface area contributed by atoms with Crippen LogP contribution in [0.3, 0.4) is 0 Å². The van der Waals surface area contributed by atoms with Crippen LogP contribution in [0.2, 0.25) is 0 Å². The maximum atomic E-state index is 10.6. The lowest BCUT2D eigenvalue weighted by Gasteiger charge is -2.23. The van der Waals surface area contributed by atoms with E-state index in [9.17, 15) is 4.79 Å². The van der Waals surface area contributed by atoms with E-state index in [-0.39, 0.29) is 5.69 Å². The Kier molecular flexibility index (Phi) is 4.22. The van der Waals surface area contributed by atoms with Crippen LogP contribution < -0.4 is 4.90 Å². The van der Waals surface area contributed by atoms with E-state index >= 15 is 0 Å². The molecule has 0 bridgehead atoms. The summed E-state index contributed by atoms with van der Waals surface area (Å²) in [5.41, 5.74) is -0.0237. The van der Waals surface area contributed by atoms with Crippen molar-refractivity contribution in [3.8, 4) is 0 Å². The van der Waals surface area contributed by atoms with Gasteiger partial charge in [0.2, 0.25) is 0 Å². The quantitative estimate of drug-likeness (QED) is 0.822. The molecule has 0 aliphatic heterocycles. The predicted molar refractivity (Wildman–Crippen MR) is 61.7 cm³/mol. The van der Waals surface area contributed by atoms with Crippen LogP contribution >= 0.6 is 0 Å². The Morgan fingerprint density at radius 3 is 2.50 bits per heavy atom. The maximum absolute atomic E-state index is 10.6. The van der Waals surface area contributed by atoms with Gasteiger partial charge in [0.25, 0.3) is 0 Å². The van der Waals surface area contributed by atoms with Crippen LogP contribution in [0, 0.1) is 5.92 Å². The minimum absolute atomic E-state index is 0.0237. The summed E-state index contributed by atoms with van der Waals surface area (Å²) in [6.45, 7) is 8.01. The third-order valence-corrected chi connectivity index (χ3v) is 2.15. The van der Waals surface area contributed by atoms with E-state index in [0.717, 1.165) is 18.9 Å². The summed E-state index contributed by atoms with van der Waals surface area (Å²) >= 11 is 0. The van der Waals surface area contributed by atoms with Crippen molar-refractivity contribution < 1.29 is 9.90 Å². The SMILES string of the molecule is CCN(CC(C)C)c1cnc(C(=O)O)cn1. The van der Waals surface area contributed by atoms with Crippen molar-refractivity contribution in [3.05, 3.63) is 18.1 Å². The fraction of sp³-hybridized carbons (Fsp3) is 0.545. The molecule has 5 heteroatoms. The second-order valence-electron chi connectivity index (χ2n) is 4.00. The number of hydrogen-bond acceptors (Lipinski definition) is 4. The molecule has 1 aromatic heterocycles. The summed E-state index contributed by atoms with van der Waals surface area (Å²) in [6, 6.07) is 0. The van der Waals surface area contributed by atoms with Gasteiger partial charge < -0.3 is 10.0 Å². The molecule has 1 N–H and O–H groups in total. The third kappa shape index (κ3) is 3.18. The Balaban J connectivity index is 2.82. The molecule has 0 atom stereocenters. The summed E-state index contributed by atoms with van der Waals surface area (Å²) in [6.07, 6.45) is 2.80. The van der Waals surface area contributed by atoms with Crippen LogP contribution in [-0.2, 0) is 0 Å². The Morgan fingerprint density at radius 1 is 1.44 bits per heavy atom. The number of nitrogens with zero attached hydrogens (tertiary/aromatic N) is 3. The normalized spacial score (nSPS) is 10.5. The Labute approximate surface area is 95.1 Å². The highest BCUT2D eigenvalue weighted by Gasteiger charge is 2.10. The smallest absolute Gasteiger partial charge is 0.356 e. The molecule has 0 aromatic carbocycles. The highest BCUT2D eigenvalue weighted by molar-refractivity contribution is 5.84. The monoisotopic (exact) mass is 223 g/mol. The average Bonchev–Trinajstić information content (AvgIpc) is 2.25. The molecule has 0 unspecified atom stereocenters. The lowest BCUT2D eigenvalue weighted by Crippen LogP contribution is -2.28. The van der Waals surface area contributed by atoms with Gasteiger partial charge in [0.05, 0.1) is 12.4 Å². The zero-order valence-corrected chi connectivity index (χ0v) is 9.84. The van der Waals surface area contributed by atoms with E-state index in [1.807, 2.05) is 6.92 Å². The first-order chi connectivity index (χ1) is 7.54. The molecule has 88 valence electrons. The molecule has 0 amide bonds. The molecule has 1 heterocycles. The van der Waals surface area contributed by atoms with Crippen molar-refractivity contribution in [1.29, 1.82) is 0 Å². The number of carboxylic acids is 1. The lowest BCUT2D eigenvalue weighted by molar-refractivity contribution is 0.0690. The van der Waals surface area contributed by atoms with Crippen LogP contribution in [0.15, 0.2) is 12.4 Å². The second-order valence-corrected chi connectivity index (χ2v) is 4.00. The molecular formula is C11H17N3O2. The van der Waals surface area contributed by atoms with E-state index in [0.29, 0.717) is 5.92 Å². The van der Waals surface area contributed by atoms with Crippen molar-refractivity contribution in [1.82, 2.24) is 9.97 Å². The summed E-state index contributed by atoms with van der Waals surface area (Å²) in [5.74, 6) is 0.202. The van der Waals surface area contributed by atoms with Gasteiger partial charge in [-0.3, -0.25) is 0 Å². The van der Waals surface area contributed by atoms with Gasteiger partial charge in [0.15, 0.2) is 5.69 Å². The average molecular weight is 223 g/mol. The second kappa shape index (κ2) is 5.44. The summed E-state index contributed by atoms with van der Waals surface area (Å²) in [7, 11) is 0. The Hall–Kier alpha value is -1.65. The van der Waals surface area contributed by atoms with Crippen molar-refractivity contribution in [2.75, 3.05) is 18.0 Å². The first kappa shape index (κ1) is 12.4. The van der Waals surface area contributed by atoms with Gasteiger partial charge in [-0.05, 0) is 12.8 Å². The molecule has 0 saturated carbocycles. The van der Waals surface area contributed by atoms with Gasteiger partial charge in [0, 0.05) is 13.1 Å². The van der Waals surface area contributed by atoms with Crippen LogP contribution in [0.25, 0.3) is 0 Å². The van der Waals surface area contributed by atoms with Crippen molar-refractivity contribution in [2.45, 2.75) is 20.8 Å². The molecule has 0 aliphatic carbocycles. The Morgan fingerprint density at radius 2 is 2.12 bits per heavy atom. The zero-order chi connectivity index (χ0) is 12.1. The number of aromatic nitrogens is 2. The van der Waals surface area contributed by atoms with Crippen LogP contribution in [-0.4, -0.2) is 34.1 Å². The zero-order valence-electron chi connectivity index (χ0n) is 9.84. The molecule has 1 rings (SSSR count). The lowest BCUT2D eigenvalue weighted by atomic mass is 10.2. The summed E-state index contributed by atoms with van der Waals surface area (Å²) < 4.78 is 0. The maximum Gasteiger partial charge on any atom is 0.356 e. The molecule has 1 aromatic rings. The predicted octanol–water partition coefficient (Wildman–Crippen LogP) is 1.66. The molecular weight excluding hydrogens is 206 g/mol. The third-order valence-electron chi connectivity index (χ3n) is 2.15. The molecule has 0 radical (unpaired) electrons. The number of carbonyl (C=O) groups is 1. The van der Waals surface area contributed by atoms with Gasteiger partial charge >= 0.3 is 5.97 Å². The first-order valence-electron chi connectivity index (χ1n) is 5.34. The van der Waals surface area contributed by atoms with Crippen LogP contribution in [0.1, 0.15) is 31.3 Å². The first-order valence-corrected chi connectivity index (χ1v) is 5.34. The van der Waals surface area contributed by atoms with Gasteiger partial charge in [-0.2, -0.15) is 0 Å². The standard InChI is InChI=1S/C11H17N3O2/c1-4-14(7-8(2)3)10-6-12-9(5-13-10)11(15)16/h5-6,8H,4,7H2,1-3H3,(H,15,16). The van der Waals surface area contributed by atoms with E-state index in [2.05, 4.69) is 28.7 Å². The topological polar surface area (TPSA) is 66.3 Å². The largest absolute Gasteiger partial charge is 0.476 e. The van der Waals surface area contributed by atoms with Crippen LogP contribution in [0.5, 0.6) is 0 Å². The summed E-state index contributed by atoms with van der Waals surface area (Å²) in [5, 5.41) is 8.70. The van der Waals surface area contributed by atoms with Crippen molar-refractivity contribution in [3.63, 3.8) is 0 Å². The molecule has 0 fully saturated rings. The minimum atomic E-state index is -1.05. The van der Waals surface area contributed by atoms with E-state index in [1.54, 1.807) is 0 Å². The Bertz CT molecular complexity index is 349. The highest BCUT2D eigenvalue weighted by Crippen LogP contribution is 2.11. The number of aromatic carboxylic acids is 1. The van der Waals surface area contributed by atoms with E-state index in [1.165, 1.54) is 12.4 Å². The number of hydrogen-bond donors (Lipinski definition) is 1. The fourth-order valence-electron chi connectivity index (χ4n) is 1.42. The highest BCUT2D eigenvalue weighted by atomic mass is 16.4. The van der Waals surface area contributed by atoms with Crippen molar-refractivity contribution >= 4 is 11.8 Å². The molecule has 5 nitrogen and oxygen atoms in total.